The molecule has 1 aromatic heterocycles. The van der Waals surface area contributed by atoms with Crippen LogP contribution in [0.3, 0.4) is 0 Å². The van der Waals surface area contributed by atoms with Crippen molar-refractivity contribution in [2.75, 3.05) is 16.4 Å². The lowest BCUT2D eigenvalue weighted by atomic mass is 10.1. The van der Waals surface area contributed by atoms with Crippen LogP contribution in [0.4, 0.5) is 21.6 Å². The Kier molecular flexibility index (Phi) is 6.10. The number of benzene rings is 3. The van der Waals surface area contributed by atoms with E-state index in [4.69, 9.17) is 23.1 Å². The van der Waals surface area contributed by atoms with E-state index in [1.807, 2.05) is 6.07 Å². The van der Waals surface area contributed by atoms with Crippen LogP contribution in [0.25, 0.3) is 10.9 Å². The molecule has 0 saturated heterocycles. The van der Waals surface area contributed by atoms with Crippen molar-refractivity contribution in [3.8, 4) is 0 Å². The predicted molar refractivity (Wildman–Crippen MR) is 128 cm³/mol. The molecule has 0 radical (unpaired) electrons. The Balaban J connectivity index is 1.46. The molecule has 4 rings (SSSR count). The third-order valence-electron chi connectivity index (χ3n) is 5.01. The van der Waals surface area contributed by atoms with Gasteiger partial charge in [-0.05, 0) is 54.6 Å². The molecule has 0 atom stereocenters. The molecule has 2 amide bonds. The molecule has 4 aromatic rings. The van der Waals surface area contributed by atoms with Crippen molar-refractivity contribution < 1.29 is 14.0 Å². The number of pyridine rings is 1. The highest BCUT2D eigenvalue weighted by molar-refractivity contribution is 6.31. The summed E-state index contributed by atoms with van der Waals surface area (Å²) in [5, 5.41) is 6.97. The highest BCUT2D eigenvalue weighted by Crippen LogP contribution is 2.24. The lowest BCUT2D eigenvalue weighted by Gasteiger charge is -2.11. The number of nitrogens with zero attached hydrogens (tertiary/aromatic N) is 1. The molecule has 0 spiro atoms. The summed E-state index contributed by atoms with van der Waals surface area (Å²) in [5.41, 5.74) is 13.3. The molecule has 166 valence electrons. The van der Waals surface area contributed by atoms with Gasteiger partial charge in [0.2, 0.25) is 5.91 Å². The Bertz CT molecular complexity index is 1390. The van der Waals surface area contributed by atoms with Crippen molar-refractivity contribution in [1.82, 2.24) is 4.98 Å². The zero-order valence-electron chi connectivity index (χ0n) is 17.2. The van der Waals surface area contributed by atoms with E-state index in [1.54, 1.807) is 36.4 Å². The molecule has 0 bridgehead atoms. The summed E-state index contributed by atoms with van der Waals surface area (Å²) in [5.74, 6) is -1.08. The Morgan fingerprint density at radius 1 is 0.970 bits per heavy atom. The van der Waals surface area contributed by atoms with E-state index in [1.165, 1.54) is 18.2 Å². The predicted octanol–water partition coefficient (Wildman–Crippen LogP) is 4.57. The molecule has 3 aromatic carbocycles. The summed E-state index contributed by atoms with van der Waals surface area (Å²) < 4.78 is 14.6. The van der Waals surface area contributed by atoms with Crippen molar-refractivity contribution in [2.45, 2.75) is 6.54 Å². The third kappa shape index (κ3) is 5.02. The van der Waals surface area contributed by atoms with Crippen LogP contribution in [0, 0.1) is 5.82 Å². The summed E-state index contributed by atoms with van der Waals surface area (Å²) >= 11 is 5.86. The highest BCUT2D eigenvalue weighted by Gasteiger charge is 2.12. The summed E-state index contributed by atoms with van der Waals surface area (Å²) in [6.07, 6.45) is 0. The number of carbonyl (C=O) groups is 2. The minimum Gasteiger partial charge on any atom is -0.397 e. The van der Waals surface area contributed by atoms with Crippen molar-refractivity contribution in [2.24, 2.45) is 5.73 Å². The second kappa shape index (κ2) is 9.13. The molecule has 0 unspecified atom stereocenters. The van der Waals surface area contributed by atoms with E-state index in [2.05, 4.69) is 15.6 Å². The number of halogens is 2. The van der Waals surface area contributed by atoms with Gasteiger partial charge in [0.25, 0.3) is 5.91 Å². The lowest BCUT2D eigenvalue weighted by Crippen LogP contribution is -2.14. The number of nitrogens with two attached hydrogens (primary N) is 2. The van der Waals surface area contributed by atoms with E-state index in [-0.39, 0.29) is 12.1 Å². The number of anilines is 3. The first-order chi connectivity index (χ1) is 15.8. The van der Waals surface area contributed by atoms with Crippen molar-refractivity contribution in [1.29, 1.82) is 0 Å². The second-order valence-corrected chi connectivity index (χ2v) is 7.75. The average Bonchev–Trinajstić information content (AvgIpc) is 2.79. The minimum absolute atomic E-state index is 0.145. The standard InChI is InChI=1S/C24H19ClFN5O2/c25-17-6-7-20(19(27)11-17)31-24(33)15-3-4-16(18(26)9-15)12-29-22-8-5-13-1-2-14(23(28)32)10-21(13)30-22/h1-11H,12,27H2,(H2,28,32)(H,29,30)(H,31,33). The summed E-state index contributed by atoms with van der Waals surface area (Å²) in [6.45, 7) is 0.145. The SMILES string of the molecule is NC(=O)c1ccc2ccc(NCc3ccc(C(=O)Nc4ccc(Cl)cc4N)cc3F)nc2c1. The Morgan fingerprint density at radius 2 is 1.73 bits per heavy atom. The van der Waals surface area contributed by atoms with E-state index in [0.29, 0.717) is 38.9 Å². The van der Waals surface area contributed by atoms with Gasteiger partial charge in [-0.2, -0.15) is 0 Å². The van der Waals surface area contributed by atoms with Crippen LogP contribution in [-0.4, -0.2) is 16.8 Å². The first-order valence-electron chi connectivity index (χ1n) is 9.89. The number of hydrogen-bond acceptors (Lipinski definition) is 5. The fourth-order valence-electron chi connectivity index (χ4n) is 3.23. The molecule has 9 heteroatoms. The van der Waals surface area contributed by atoms with Gasteiger partial charge in [-0.25, -0.2) is 9.37 Å². The largest absolute Gasteiger partial charge is 0.397 e. The Hall–Kier alpha value is -4.17. The summed E-state index contributed by atoms with van der Waals surface area (Å²) in [6, 6.07) is 17.5. The fourth-order valence-corrected chi connectivity index (χ4v) is 3.41. The number of carbonyl (C=O) groups excluding carboxylic acids is 2. The number of hydrogen-bond donors (Lipinski definition) is 4. The van der Waals surface area contributed by atoms with Gasteiger partial charge in [-0.1, -0.05) is 23.7 Å². The Morgan fingerprint density at radius 3 is 2.45 bits per heavy atom. The van der Waals surface area contributed by atoms with Gasteiger partial charge in [-0.3, -0.25) is 9.59 Å². The topological polar surface area (TPSA) is 123 Å². The van der Waals surface area contributed by atoms with Gasteiger partial charge < -0.3 is 22.1 Å². The van der Waals surface area contributed by atoms with Gasteiger partial charge in [0.1, 0.15) is 11.6 Å². The van der Waals surface area contributed by atoms with Gasteiger partial charge in [-0.15, -0.1) is 0 Å². The number of nitrogen functional groups attached to an aromatic ring is 1. The monoisotopic (exact) mass is 463 g/mol. The Labute approximate surface area is 193 Å². The number of aromatic nitrogens is 1. The van der Waals surface area contributed by atoms with Crippen molar-refractivity contribution in [3.05, 3.63) is 94.3 Å². The molecular formula is C24H19ClFN5O2. The first-order valence-corrected chi connectivity index (χ1v) is 10.3. The molecule has 33 heavy (non-hydrogen) atoms. The van der Waals surface area contributed by atoms with Crippen LogP contribution >= 0.6 is 11.6 Å². The second-order valence-electron chi connectivity index (χ2n) is 7.31. The molecule has 1 heterocycles. The van der Waals surface area contributed by atoms with Crippen LogP contribution in [0.2, 0.25) is 5.02 Å². The van der Waals surface area contributed by atoms with Crippen LogP contribution in [0.1, 0.15) is 26.3 Å². The smallest absolute Gasteiger partial charge is 0.255 e. The molecule has 7 nitrogen and oxygen atoms in total. The summed E-state index contributed by atoms with van der Waals surface area (Å²) in [7, 11) is 0. The number of nitrogens with one attached hydrogen (secondary N) is 2. The van der Waals surface area contributed by atoms with Gasteiger partial charge in [0.15, 0.2) is 0 Å². The third-order valence-corrected chi connectivity index (χ3v) is 5.25. The quantitative estimate of drug-likeness (QED) is 0.312. The van der Waals surface area contributed by atoms with E-state index >= 15 is 0 Å². The molecule has 0 fully saturated rings. The van der Waals surface area contributed by atoms with Gasteiger partial charge in [0, 0.05) is 33.6 Å². The van der Waals surface area contributed by atoms with E-state index in [0.717, 1.165) is 11.5 Å². The van der Waals surface area contributed by atoms with Gasteiger partial charge >= 0.3 is 0 Å². The molecule has 0 saturated carbocycles. The van der Waals surface area contributed by atoms with Crippen LogP contribution in [0.5, 0.6) is 0 Å². The maximum Gasteiger partial charge on any atom is 0.255 e. The normalized spacial score (nSPS) is 10.7. The minimum atomic E-state index is -0.545. The van der Waals surface area contributed by atoms with Crippen LogP contribution in [-0.2, 0) is 6.54 Å². The molecular weight excluding hydrogens is 445 g/mol. The van der Waals surface area contributed by atoms with Crippen molar-refractivity contribution in [3.63, 3.8) is 0 Å². The number of amides is 2. The number of rotatable bonds is 6. The molecule has 6 N–H and O–H groups in total. The summed E-state index contributed by atoms with van der Waals surface area (Å²) in [4.78, 5) is 28.3. The molecule has 0 aliphatic carbocycles. The van der Waals surface area contributed by atoms with Crippen molar-refractivity contribution >= 4 is 51.5 Å². The number of fused-ring (bicyclic) bond motifs is 1. The van der Waals surface area contributed by atoms with Gasteiger partial charge in [0.05, 0.1) is 16.9 Å². The highest BCUT2D eigenvalue weighted by atomic mass is 35.5. The van der Waals surface area contributed by atoms with Crippen LogP contribution in [0.15, 0.2) is 66.7 Å². The lowest BCUT2D eigenvalue weighted by molar-refractivity contribution is 0.0997. The maximum atomic E-state index is 14.6. The van der Waals surface area contributed by atoms with Crippen LogP contribution < -0.4 is 22.1 Å². The molecule has 0 aliphatic heterocycles. The zero-order valence-corrected chi connectivity index (χ0v) is 18.0. The maximum absolute atomic E-state index is 14.6. The average molecular weight is 464 g/mol. The number of primary amides is 1. The fraction of sp³-hybridized carbons (Fsp3) is 0.0417. The first kappa shape index (κ1) is 22.0. The van der Waals surface area contributed by atoms with E-state index in [9.17, 15) is 14.0 Å². The molecule has 0 aliphatic rings. The zero-order chi connectivity index (χ0) is 23.5. The van der Waals surface area contributed by atoms with E-state index < -0.39 is 17.6 Å².